The van der Waals surface area contributed by atoms with Crippen LogP contribution in [0, 0.1) is 0 Å². The summed E-state index contributed by atoms with van der Waals surface area (Å²) in [5.41, 5.74) is 2.06. The molecule has 0 saturated carbocycles. The maximum Gasteiger partial charge on any atom is 0.253 e. The van der Waals surface area contributed by atoms with E-state index in [1.165, 1.54) is 0 Å². The summed E-state index contributed by atoms with van der Waals surface area (Å²) in [7, 11) is 0. The van der Waals surface area contributed by atoms with Crippen molar-refractivity contribution >= 4 is 29.1 Å². The summed E-state index contributed by atoms with van der Waals surface area (Å²) < 4.78 is 5.55. The van der Waals surface area contributed by atoms with E-state index in [1.54, 1.807) is 31.2 Å². The smallest absolute Gasteiger partial charge is 0.253 e. The number of anilines is 1. The van der Waals surface area contributed by atoms with Gasteiger partial charge in [0, 0.05) is 41.3 Å². The van der Waals surface area contributed by atoms with Gasteiger partial charge >= 0.3 is 0 Å². The number of amides is 2. The number of nitrogens with zero attached hydrogens (tertiary/aromatic N) is 3. The first-order valence-corrected chi connectivity index (χ1v) is 10.7. The monoisotopic (exact) mass is 438 g/mol. The number of likely N-dealkylation sites (tertiary alicyclic amines) is 1. The van der Waals surface area contributed by atoms with Crippen LogP contribution < -0.4 is 5.32 Å². The molecule has 1 atom stereocenters. The highest BCUT2D eigenvalue weighted by Gasteiger charge is 2.29. The maximum absolute atomic E-state index is 12.8. The Morgan fingerprint density at radius 2 is 2.03 bits per heavy atom. The summed E-state index contributed by atoms with van der Waals surface area (Å²) in [6.07, 6.45) is 2.14. The highest BCUT2D eigenvalue weighted by molar-refractivity contribution is 6.30. The topological polar surface area (TPSA) is 88.3 Å². The molecular formula is C23H23ClN4O3. The molecule has 1 N–H and O–H groups in total. The lowest BCUT2D eigenvalue weighted by molar-refractivity contribution is -0.115. The second-order valence-corrected chi connectivity index (χ2v) is 7.97. The molecule has 1 aliphatic heterocycles. The van der Waals surface area contributed by atoms with Gasteiger partial charge in [-0.2, -0.15) is 4.98 Å². The van der Waals surface area contributed by atoms with Crippen molar-refractivity contribution in [1.82, 2.24) is 15.0 Å². The van der Waals surface area contributed by atoms with Crippen LogP contribution in [0.1, 0.15) is 48.4 Å². The molecule has 0 bridgehead atoms. The Labute approximate surface area is 185 Å². The van der Waals surface area contributed by atoms with E-state index in [1.807, 2.05) is 29.2 Å². The van der Waals surface area contributed by atoms with Crippen LogP contribution in [0.4, 0.5) is 5.69 Å². The lowest BCUT2D eigenvalue weighted by Gasteiger charge is -2.31. The van der Waals surface area contributed by atoms with Crippen molar-refractivity contribution in [1.29, 1.82) is 0 Å². The molecule has 4 rings (SSSR count). The van der Waals surface area contributed by atoms with Crippen LogP contribution in [0.15, 0.2) is 53.1 Å². The molecule has 1 unspecified atom stereocenters. The fourth-order valence-electron chi connectivity index (χ4n) is 3.64. The van der Waals surface area contributed by atoms with E-state index in [2.05, 4.69) is 15.5 Å². The summed E-state index contributed by atoms with van der Waals surface area (Å²) in [4.78, 5) is 30.9. The second kappa shape index (κ2) is 9.31. The fourth-order valence-corrected chi connectivity index (χ4v) is 3.77. The number of hydrogen-bond donors (Lipinski definition) is 1. The van der Waals surface area contributed by atoms with Crippen molar-refractivity contribution in [3.05, 3.63) is 65.0 Å². The molecule has 2 aromatic carbocycles. The Morgan fingerprint density at radius 1 is 1.23 bits per heavy atom. The number of rotatable bonds is 5. The van der Waals surface area contributed by atoms with Crippen LogP contribution in [0.3, 0.4) is 0 Å². The van der Waals surface area contributed by atoms with Crippen molar-refractivity contribution in [2.75, 3.05) is 18.4 Å². The van der Waals surface area contributed by atoms with Gasteiger partial charge in [0.05, 0.1) is 5.92 Å². The molecule has 1 aliphatic rings. The Kier molecular flexibility index (Phi) is 6.32. The van der Waals surface area contributed by atoms with Gasteiger partial charge in [0.15, 0.2) is 0 Å². The van der Waals surface area contributed by atoms with Crippen LogP contribution in [-0.2, 0) is 4.79 Å². The SMILES string of the molecule is CCC(=O)Nc1cccc(-c2noc(C3CCCN(C(=O)c4ccc(Cl)cc4)C3)n2)c1. The highest BCUT2D eigenvalue weighted by atomic mass is 35.5. The number of halogens is 1. The Balaban J connectivity index is 1.47. The average Bonchev–Trinajstić information content (AvgIpc) is 3.30. The molecule has 31 heavy (non-hydrogen) atoms. The van der Waals surface area contributed by atoms with E-state index in [0.29, 0.717) is 47.5 Å². The molecule has 2 heterocycles. The third-order valence-corrected chi connectivity index (χ3v) is 5.57. The van der Waals surface area contributed by atoms with E-state index < -0.39 is 0 Å². The molecule has 0 radical (unpaired) electrons. The van der Waals surface area contributed by atoms with Gasteiger partial charge in [-0.25, -0.2) is 0 Å². The van der Waals surface area contributed by atoms with E-state index in [0.717, 1.165) is 18.4 Å². The van der Waals surface area contributed by atoms with Gasteiger partial charge in [-0.15, -0.1) is 0 Å². The third kappa shape index (κ3) is 4.94. The molecule has 2 amide bonds. The first-order valence-electron chi connectivity index (χ1n) is 10.3. The first-order chi connectivity index (χ1) is 15.0. The van der Waals surface area contributed by atoms with Crippen molar-refractivity contribution in [2.45, 2.75) is 32.1 Å². The van der Waals surface area contributed by atoms with Gasteiger partial charge in [-0.1, -0.05) is 35.8 Å². The summed E-state index contributed by atoms with van der Waals surface area (Å²) in [5.74, 6) is 0.878. The fraction of sp³-hybridized carbons (Fsp3) is 0.304. The number of carbonyl (C=O) groups is 2. The molecule has 160 valence electrons. The van der Waals surface area contributed by atoms with Gasteiger partial charge in [-0.05, 0) is 49.2 Å². The average molecular weight is 439 g/mol. The number of carbonyl (C=O) groups excluding carboxylic acids is 2. The lowest BCUT2D eigenvalue weighted by atomic mass is 9.97. The minimum atomic E-state index is -0.0568. The first kappa shape index (κ1) is 21.1. The van der Waals surface area contributed by atoms with E-state index >= 15 is 0 Å². The van der Waals surface area contributed by atoms with Crippen molar-refractivity contribution < 1.29 is 14.1 Å². The van der Waals surface area contributed by atoms with Crippen molar-refractivity contribution in [3.8, 4) is 11.4 Å². The third-order valence-electron chi connectivity index (χ3n) is 5.32. The molecule has 0 aliphatic carbocycles. The standard InChI is InChI=1S/C23H23ClN4O3/c1-2-20(29)25-19-7-3-5-16(13-19)21-26-22(31-27-21)17-6-4-12-28(14-17)23(30)15-8-10-18(24)11-9-15/h3,5,7-11,13,17H,2,4,6,12,14H2,1H3,(H,25,29). The van der Waals surface area contributed by atoms with Gasteiger partial charge in [0.2, 0.25) is 17.6 Å². The van der Waals surface area contributed by atoms with Gasteiger partial charge in [0.25, 0.3) is 5.91 Å². The number of nitrogens with one attached hydrogen (secondary N) is 1. The number of hydrogen-bond acceptors (Lipinski definition) is 5. The molecule has 0 spiro atoms. The summed E-state index contributed by atoms with van der Waals surface area (Å²) >= 11 is 5.93. The van der Waals surface area contributed by atoms with Crippen molar-refractivity contribution in [3.63, 3.8) is 0 Å². The number of aromatic nitrogens is 2. The molecule has 1 aromatic heterocycles. The van der Waals surface area contributed by atoms with Gasteiger partial charge in [-0.3, -0.25) is 9.59 Å². The molecule has 8 heteroatoms. The van der Waals surface area contributed by atoms with Crippen LogP contribution in [0.5, 0.6) is 0 Å². The molecular weight excluding hydrogens is 416 g/mol. The molecule has 7 nitrogen and oxygen atoms in total. The van der Waals surface area contributed by atoms with Crippen LogP contribution in [0.2, 0.25) is 5.02 Å². The zero-order chi connectivity index (χ0) is 21.8. The van der Waals surface area contributed by atoms with Gasteiger partial charge < -0.3 is 14.7 Å². The molecule has 1 fully saturated rings. The predicted molar refractivity (Wildman–Crippen MR) is 118 cm³/mol. The summed E-state index contributed by atoms with van der Waals surface area (Å²) in [5, 5.41) is 7.56. The lowest BCUT2D eigenvalue weighted by Crippen LogP contribution is -2.39. The Bertz CT molecular complexity index is 1080. The highest BCUT2D eigenvalue weighted by Crippen LogP contribution is 2.29. The van der Waals surface area contributed by atoms with Crippen LogP contribution in [-0.4, -0.2) is 39.9 Å². The largest absolute Gasteiger partial charge is 0.339 e. The number of benzene rings is 2. The predicted octanol–water partition coefficient (Wildman–Crippen LogP) is 4.76. The zero-order valence-electron chi connectivity index (χ0n) is 17.2. The number of piperidine rings is 1. The summed E-state index contributed by atoms with van der Waals surface area (Å²) in [6.45, 7) is 3.02. The molecule has 3 aromatic rings. The van der Waals surface area contributed by atoms with Crippen LogP contribution >= 0.6 is 11.6 Å². The van der Waals surface area contributed by atoms with Crippen LogP contribution in [0.25, 0.3) is 11.4 Å². The molecule has 1 saturated heterocycles. The van der Waals surface area contributed by atoms with E-state index in [-0.39, 0.29) is 17.7 Å². The van der Waals surface area contributed by atoms with E-state index in [9.17, 15) is 9.59 Å². The van der Waals surface area contributed by atoms with Gasteiger partial charge in [0.1, 0.15) is 0 Å². The van der Waals surface area contributed by atoms with Crippen molar-refractivity contribution in [2.24, 2.45) is 0 Å². The minimum absolute atomic E-state index is 0.0192. The quantitative estimate of drug-likeness (QED) is 0.620. The zero-order valence-corrected chi connectivity index (χ0v) is 17.9. The van der Waals surface area contributed by atoms with E-state index in [4.69, 9.17) is 16.1 Å². The normalized spacial score (nSPS) is 16.2. The maximum atomic E-state index is 12.8. The summed E-state index contributed by atoms with van der Waals surface area (Å²) in [6, 6.07) is 14.3. The second-order valence-electron chi connectivity index (χ2n) is 7.54. The Hall–Kier alpha value is -3.19. The minimum Gasteiger partial charge on any atom is -0.339 e. The Morgan fingerprint density at radius 3 is 2.81 bits per heavy atom.